The molecule has 0 heterocycles. The predicted molar refractivity (Wildman–Crippen MR) is 70.7 cm³/mol. The van der Waals surface area contributed by atoms with Gasteiger partial charge in [0.25, 0.3) is 0 Å². The molecule has 1 aliphatic carbocycles. The normalized spacial score (nSPS) is 26.9. The third kappa shape index (κ3) is 2.64. The Morgan fingerprint density at radius 3 is 2.83 bits per heavy atom. The van der Waals surface area contributed by atoms with E-state index in [-0.39, 0.29) is 5.82 Å². The van der Waals surface area contributed by atoms with Crippen molar-refractivity contribution in [1.29, 1.82) is 5.26 Å². The Bertz CT molecular complexity index is 458. The van der Waals surface area contributed by atoms with E-state index in [4.69, 9.17) is 0 Å². The molecular formula is C15H19FN2. The van der Waals surface area contributed by atoms with Crippen molar-refractivity contribution in [2.75, 3.05) is 5.32 Å². The highest BCUT2D eigenvalue weighted by Crippen LogP contribution is 2.38. The van der Waals surface area contributed by atoms with Gasteiger partial charge in [-0.2, -0.15) is 5.26 Å². The lowest BCUT2D eigenvalue weighted by Crippen LogP contribution is -2.33. The van der Waals surface area contributed by atoms with Crippen LogP contribution in [0.1, 0.15) is 38.2 Å². The molecule has 96 valence electrons. The molecule has 2 atom stereocenters. The monoisotopic (exact) mass is 246 g/mol. The number of nitrogens with zero attached hydrogens (tertiary/aromatic N) is 1. The lowest BCUT2D eigenvalue weighted by atomic mass is 9.96. The minimum atomic E-state index is -0.513. The summed E-state index contributed by atoms with van der Waals surface area (Å²) in [5.41, 5.74) is 1.07. The fourth-order valence-corrected chi connectivity index (χ4v) is 2.82. The molecule has 2 rings (SSSR count). The van der Waals surface area contributed by atoms with Gasteiger partial charge in [-0.3, -0.25) is 0 Å². The SMILES string of the molecule is CCC1CCC(C#N)(Nc2cc(C)cc(F)c2)C1. The number of nitriles is 1. The first kappa shape index (κ1) is 12.9. The van der Waals surface area contributed by atoms with E-state index < -0.39 is 5.54 Å². The highest BCUT2D eigenvalue weighted by molar-refractivity contribution is 5.50. The van der Waals surface area contributed by atoms with Crippen molar-refractivity contribution in [3.8, 4) is 6.07 Å². The summed E-state index contributed by atoms with van der Waals surface area (Å²) in [6, 6.07) is 7.24. The van der Waals surface area contributed by atoms with Crippen molar-refractivity contribution in [3.05, 3.63) is 29.6 Å². The number of hydrogen-bond donors (Lipinski definition) is 1. The van der Waals surface area contributed by atoms with E-state index >= 15 is 0 Å². The molecule has 0 spiro atoms. The Labute approximate surface area is 108 Å². The van der Waals surface area contributed by atoms with Gasteiger partial charge in [0.05, 0.1) is 6.07 Å². The van der Waals surface area contributed by atoms with Gasteiger partial charge in [0.2, 0.25) is 0 Å². The molecule has 0 aromatic heterocycles. The smallest absolute Gasteiger partial charge is 0.125 e. The third-order valence-electron chi connectivity index (χ3n) is 3.83. The van der Waals surface area contributed by atoms with E-state index in [0.717, 1.165) is 31.2 Å². The Hall–Kier alpha value is -1.56. The zero-order valence-electron chi connectivity index (χ0n) is 11.0. The summed E-state index contributed by atoms with van der Waals surface area (Å²) in [5.74, 6) is 0.349. The number of aryl methyl sites for hydroxylation is 1. The molecule has 3 heteroatoms. The van der Waals surface area contributed by atoms with Crippen molar-refractivity contribution < 1.29 is 4.39 Å². The standard InChI is InChI=1S/C15H19FN2/c1-3-12-4-5-15(9-12,10-17)18-14-7-11(2)6-13(16)8-14/h6-8,12,18H,3-5,9H2,1-2H3. The van der Waals surface area contributed by atoms with Crippen LogP contribution in [0.15, 0.2) is 18.2 Å². The number of rotatable bonds is 3. The van der Waals surface area contributed by atoms with Crippen LogP contribution < -0.4 is 5.32 Å². The van der Waals surface area contributed by atoms with Crippen LogP contribution in [0.25, 0.3) is 0 Å². The molecule has 0 saturated heterocycles. The Balaban J connectivity index is 2.19. The van der Waals surface area contributed by atoms with Crippen LogP contribution in [0, 0.1) is 30.0 Å². The van der Waals surface area contributed by atoms with Gasteiger partial charge >= 0.3 is 0 Å². The van der Waals surface area contributed by atoms with E-state index in [0.29, 0.717) is 11.6 Å². The molecule has 2 nitrogen and oxygen atoms in total. The summed E-state index contributed by atoms with van der Waals surface area (Å²) in [6.07, 6.45) is 3.88. The van der Waals surface area contributed by atoms with Gasteiger partial charge in [0.1, 0.15) is 11.4 Å². The predicted octanol–water partition coefficient (Wildman–Crippen LogP) is 4.02. The van der Waals surface area contributed by atoms with Gasteiger partial charge in [-0.1, -0.05) is 13.3 Å². The van der Waals surface area contributed by atoms with Gasteiger partial charge < -0.3 is 5.32 Å². The highest BCUT2D eigenvalue weighted by Gasteiger charge is 2.38. The van der Waals surface area contributed by atoms with Gasteiger partial charge in [-0.25, -0.2) is 4.39 Å². The van der Waals surface area contributed by atoms with Gasteiger partial charge in [-0.05, 0) is 55.9 Å². The minimum Gasteiger partial charge on any atom is -0.367 e. The zero-order valence-corrected chi connectivity index (χ0v) is 11.0. The molecule has 1 aliphatic rings. The van der Waals surface area contributed by atoms with Crippen LogP contribution in [0.3, 0.4) is 0 Å². The second kappa shape index (κ2) is 4.97. The number of halogens is 1. The molecule has 18 heavy (non-hydrogen) atoms. The Kier molecular flexibility index (Phi) is 3.56. The number of benzene rings is 1. The zero-order chi connectivity index (χ0) is 13.2. The Morgan fingerprint density at radius 1 is 1.50 bits per heavy atom. The van der Waals surface area contributed by atoms with Crippen LogP contribution in [-0.4, -0.2) is 5.54 Å². The summed E-state index contributed by atoms with van der Waals surface area (Å²) in [5, 5.41) is 12.7. The molecule has 0 amide bonds. The van der Waals surface area contributed by atoms with E-state index in [2.05, 4.69) is 18.3 Å². The van der Waals surface area contributed by atoms with Crippen LogP contribution in [0.4, 0.5) is 10.1 Å². The molecule has 1 saturated carbocycles. The average molecular weight is 246 g/mol. The molecule has 2 unspecified atom stereocenters. The van der Waals surface area contributed by atoms with Crippen LogP contribution in [-0.2, 0) is 0 Å². The summed E-state index contributed by atoms with van der Waals surface area (Å²) in [6.45, 7) is 4.02. The summed E-state index contributed by atoms with van der Waals surface area (Å²) in [4.78, 5) is 0. The first-order valence-corrected chi connectivity index (χ1v) is 6.53. The second-order valence-electron chi connectivity index (χ2n) is 5.35. The second-order valence-corrected chi connectivity index (χ2v) is 5.35. The number of nitrogens with one attached hydrogen (secondary N) is 1. The minimum absolute atomic E-state index is 0.254. The molecule has 1 fully saturated rings. The quantitative estimate of drug-likeness (QED) is 0.874. The first-order valence-electron chi connectivity index (χ1n) is 6.53. The van der Waals surface area contributed by atoms with Crippen LogP contribution in [0.2, 0.25) is 0 Å². The van der Waals surface area contributed by atoms with Crippen LogP contribution in [0.5, 0.6) is 0 Å². The fraction of sp³-hybridized carbons (Fsp3) is 0.533. The van der Waals surface area contributed by atoms with E-state index in [1.807, 2.05) is 13.0 Å². The fourth-order valence-electron chi connectivity index (χ4n) is 2.82. The first-order chi connectivity index (χ1) is 8.57. The van der Waals surface area contributed by atoms with Crippen molar-refractivity contribution in [2.24, 2.45) is 5.92 Å². The lowest BCUT2D eigenvalue weighted by molar-refractivity contribution is 0.503. The summed E-state index contributed by atoms with van der Waals surface area (Å²) < 4.78 is 13.4. The van der Waals surface area contributed by atoms with Gasteiger partial charge in [0.15, 0.2) is 0 Å². The highest BCUT2D eigenvalue weighted by atomic mass is 19.1. The third-order valence-corrected chi connectivity index (χ3v) is 3.83. The Morgan fingerprint density at radius 2 is 2.28 bits per heavy atom. The molecule has 1 aromatic rings. The van der Waals surface area contributed by atoms with Crippen molar-refractivity contribution in [2.45, 2.75) is 45.1 Å². The molecule has 0 aliphatic heterocycles. The van der Waals surface area contributed by atoms with E-state index in [1.54, 1.807) is 0 Å². The maximum Gasteiger partial charge on any atom is 0.125 e. The topological polar surface area (TPSA) is 35.8 Å². The maximum absolute atomic E-state index is 13.4. The largest absolute Gasteiger partial charge is 0.367 e. The molecular weight excluding hydrogens is 227 g/mol. The van der Waals surface area contributed by atoms with Gasteiger partial charge in [0, 0.05) is 5.69 Å². The van der Waals surface area contributed by atoms with Crippen molar-refractivity contribution >= 4 is 5.69 Å². The molecule has 1 aromatic carbocycles. The summed E-state index contributed by atoms with van der Waals surface area (Å²) in [7, 11) is 0. The number of anilines is 1. The molecule has 1 N–H and O–H groups in total. The van der Waals surface area contributed by atoms with E-state index in [9.17, 15) is 9.65 Å². The average Bonchev–Trinajstić information content (AvgIpc) is 2.72. The van der Waals surface area contributed by atoms with Crippen LogP contribution >= 0.6 is 0 Å². The van der Waals surface area contributed by atoms with Crippen molar-refractivity contribution in [3.63, 3.8) is 0 Å². The van der Waals surface area contributed by atoms with Gasteiger partial charge in [-0.15, -0.1) is 0 Å². The summed E-state index contributed by atoms with van der Waals surface area (Å²) >= 11 is 0. The number of hydrogen-bond acceptors (Lipinski definition) is 2. The van der Waals surface area contributed by atoms with Crippen molar-refractivity contribution in [1.82, 2.24) is 0 Å². The molecule has 0 bridgehead atoms. The molecule has 0 radical (unpaired) electrons. The van der Waals surface area contributed by atoms with E-state index in [1.165, 1.54) is 12.1 Å². The lowest BCUT2D eigenvalue weighted by Gasteiger charge is -2.24. The maximum atomic E-state index is 13.4.